The molecular weight excluding hydrogens is 296 g/mol. The Bertz CT molecular complexity index is 547. The van der Waals surface area contributed by atoms with Crippen molar-refractivity contribution in [1.29, 1.82) is 0 Å². The lowest BCUT2D eigenvalue weighted by Crippen LogP contribution is -2.20. The predicted molar refractivity (Wildman–Crippen MR) is 73.5 cm³/mol. The van der Waals surface area contributed by atoms with E-state index in [1.807, 2.05) is 25.4 Å². The van der Waals surface area contributed by atoms with Crippen molar-refractivity contribution in [2.45, 2.75) is 11.8 Å². The maximum absolute atomic E-state index is 11.5. The van der Waals surface area contributed by atoms with Crippen LogP contribution in [0.3, 0.4) is 0 Å². The van der Waals surface area contributed by atoms with Crippen LogP contribution in [0.5, 0.6) is 0 Å². The molecule has 0 saturated heterocycles. The predicted octanol–water partition coefficient (Wildman–Crippen LogP) is 2.20. The van der Waals surface area contributed by atoms with Crippen molar-refractivity contribution < 1.29 is 4.79 Å². The Morgan fingerprint density at radius 2 is 2.22 bits per heavy atom. The number of anilines is 1. The molecule has 1 amide bonds. The lowest BCUT2D eigenvalue weighted by Gasteiger charge is -2.05. The number of halogens is 1. The van der Waals surface area contributed by atoms with Gasteiger partial charge in [-0.05, 0) is 25.1 Å². The fraction of sp³-hybridized carbons (Fsp3) is 0.250. The number of carbonyl (C=O) groups is 1. The Kier molecular flexibility index (Phi) is 3.76. The number of nitrogens with one attached hydrogen (secondary N) is 1. The molecule has 0 spiro atoms. The van der Waals surface area contributed by atoms with Gasteiger partial charge in [-0.15, -0.1) is 0 Å². The summed E-state index contributed by atoms with van der Waals surface area (Å²) in [6.07, 6.45) is 3.56. The maximum atomic E-state index is 11.5. The SMILES string of the molecule is CC(Br)C(=O)Nc1ccc(-c2ccn(C)n2)cn1. The van der Waals surface area contributed by atoms with Crippen molar-refractivity contribution in [3.05, 3.63) is 30.6 Å². The van der Waals surface area contributed by atoms with E-state index >= 15 is 0 Å². The Morgan fingerprint density at radius 3 is 2.72 bits per heavy atom. The Hall–Kier alpha value is -1.69. The van der Waals surface area contributed by atoms with Crippen LogP contribution in [0.4, 0.5) is 5.82 Å². The second kappa shape index (κ2) is 5.30. The maximum Gasteiger partial charge on any atom is 0.239 e. The molecule has 0 radical (unpaired) electrons. The van der Waals surface area contributed by atoms with Gasteiger partial charge < -0.3 is 5.32 Å². The first-order valence-corrected chi connectivity index (χ1v) is 6.39. The van der Waals surface area contributed by atoms with Gasteiger partial charge >= 0.3 is 0 Å². The molecule has 2 rings (SSSR count). The molecule has 94 valence electrons. The van der Waals surface area contributed by atoms with Crippen LogP contribution in [0, 0.1) is 0 Å². The third-order valence-corrected chi connectivity index (χ3v) is 2.80. The number of carbonyl (C=O) groups excluding carboxylic acids is 1. The number of aryl methyl sites for hydroxylation is 1. The number of rotatable bonds is 3. The van der Waals surface area contributed by atoms with Gasteiger partial charge in [-0.25, -0.2) is 4.98 Å². The molecule has 0 aliphatic heterocycles. The summed E-state index contributed by atoms with van der Waals surface area (Å²) in [6, 6.07) is 5.55. The second-order valence-electron chi connectivity index (χ2n) is 3.91. The Morgan fingerprint density at radius 1 is 1.44 bits per heavy atom. The van der Waals surface area contributed by atoms with Gasteiger partial charge in [-0.1, -0.05) is 15.9 Å². The van der Waals surface area contributed by atoms with E-state index in [4.69, 9.17) is 0 Å². The molecule has 0 saturated carbocycles. The highest BCUT2D eigenvalue weighted by Crippen LogP contribution is 2.17. The monoisotopic (exact) mass is 308 g/mol. The fourth-order valence-corrected chi connectivity index (χ4v) is 1.53. The van der Waals surface area contributed by atoms with Crippen molar-refractivity contribution in [2.75, 3.05) is 5.32 Å². The van der Waals surface area contributed by atoms with E-state index in [1.165, 1.54) is 0 Å². The second-order valence-corrected chi connectivity index (χ2v) is 5.29. The van der Waals surface area contributed by atoms with Gasteiger partial charge in [0.05, 0.1) is 10.5 Å². The zero-order chi connectivity index (χ0) is 13.1. The molecule has 0 fully saturated rings. The molecule has 0 aliphatic rings. The molecular formula is C12H13BrN4O. The minimum Gasteiger partial charge on any atom is -0.310 e. The first-order valence-electron chi connectivity index (χ1n) is 5.47. The number of aromatic nitrogens is 3. The van der Waals surface area contributed by atoms with E-state index in [0.29, 0.717) is 5.82 Å². The average molecular weight is 309 g/mol. The van der Waals surface area contributed by atoms with E-state index in [1.54, 1.807) is 23.9 Å². The van der Waals surface area contributed by atoms with Crippen LogP contribution in [-0.4, -0.2) is 25.5 Å². The Labute approximate surface area is 113 Å². The summed E-state index contributed by atoms with van der Waals surface area (Å²) >= 11 is 3.20. The zero-order valence-electron chi connectivity index (χ0n) is 10.1. The largest absolute Gasteiger partial charge is 0.310 e. The van der Waals surface area contributed by atoms with Crippen molar-refractivity contribution in [1.82, 2.24) is 14.8 Å². The lowest BCUT2D eigenvalue weighted by atomic mass is 10.2. The van der Waals surface area contributed by atoms with Crippen molar-refractivity contribution >= 4 is 27.7 Å². The number of hydrogen-bond donors (Lipinski definition) is 1. The molecule has 2 aromatic heterocycles. The molecule has 2 aromatic rings. The molecule has 0 aliphatic carbocycles. The molecule has 1 unspecified atom stereocenters. The van der Waals surface area contributed by atoms with Crippen LogP contribution in [0.15, 0.2) is 30.6 Å². The number of hydrogen-bond acceptors (Lipinski definition) is 3. The van der Waals surface area contributed by atoms with Gasteiger partial charge in [0, 0.05) is 25.0 Å². The van der Waals surface area contributed by atoms with Gasteiger partial charge in [-0.3, -0.25) is 9.48 Å². The van der Waals surface area contributed by atoms with Crippen LogP contribution in [0.1, 0.15) is 6.92 Å². The number of nitrogens with zero attached hydrogens (tertiary/aromatic N) is 3. The fourth-order valence-electron chi connectivity index (χ4n) is 1.41. The topological polar surface area (TPSA) is 59.8 Å². The summed E-state index contributed by atoms with van der Waals surface area (Å²) in [5, 5.41) is 6.98. The summed E-state index contributed by atoms with van der Waals surface area (Å²) < 4.78 is 1.73. The molecule has 0 aromatic carbocycles. The molecule has 1 atom stereocenters. The van der Waals surface area contributed by atoms with E-state index in [9.17, 15) is 4.79 Å². The van der Waals surface area contributed by atoms with Crippen molar-refractivity contribution in [3.8, 4) is 11.3 Å². The van der Waals surface area contributed by atoms with Gasteiger partial charge in [-0.2, -0.15) is 5.10 Å². The highest BCUT2D eigenvalue weighted by Gasteiger charge is 2.09. The van der Waals surface area contributed by atoms with E-state index in [-0.39, 0.29) is 10.7 Å². The highest BCUT2D eigenvalue weighted by molar-refractivity contribution is 9.10. The minimum atomic E-state index is -0.241. The average Bonchev–Trinajstić information content (AvgIpc) is 2.76. The van der Waals surface area contributed by atoms with Crippen LogP contribution in [-0.2, 0) is 11.8 Å². The van der Waals surface area contributed by atoms with E-state index in [0.717, 1.165) is 11.3 Å². The lowest BCUT2D eigenvalue weighted by molar-refractivity contribution is -0.115. The minimum absolute atomic E-state index is 0.118. The zero-order valence-corrected chi connectivity index (χ0v) is 11.7. The summed E-state index contributed by atoms with van der Waals surface area (Å²) in [5.41, 5.74) is 1.78. The summed E-state index contributed by atoms with van der Waals surface area (Å²) in [5.74, 6) is 0.416. The summed E-state index contributed by atoms with van der Waals surface area (Å²) in [7, 11) is 1.86. The van der Waals surface area contributed by atoms with Crippen LogP contribution in [0.25, 0.3) is 11.3 Å². The van der Waals surface area contributed by atoms with Crippen LogP contribution in [0.2, 0.25) is 0 Å². The van der Waals surface area contributed by atoms with E-state index in [2.05, 4.69) is 31.3 Å². The third-order valence-electron chi connectivity index (χ3n) is 2.39. The van der Waals surface area contributed by atoms with Crippen molar-refractivity contribution in [3.63, 3.8) is 0 Å². The molecule has 1 N–H and O–H groups in total. The molecule has 2 heterocycles. The van der Waals surface area contributed by atoms with Crippen LogP contribution < -0.4 is 5.32 Å². The van der Waals surface area contributed by atoms with E-state index < -0.39 is 0 Å². The van der Waals surface area contributed by atoms with Gasteiger partial charge in [0.1, 0.15) is 5.82 Å². The number of amides is 1. The molecule has 6 heteroatoms. The highest BCUT2D eigenvalue weighted by atomic mass is 79.9. The van der Waals surface area contributed by atoms with Crippen molar-refractivity contribution in [2.24, 2.45) is 7.05 Å². The quantitative estimate of drug-likeness (QED) is 0.884. The molecule has 0 bridgehead atoms. The summed E-state index contributed by atoms with van der Waals surface area (Å²) in [4.78, 5) is 15.4. The number of alkyl halides is 1. The van der Waals surface area contributed by atoms with Gasteiger partial charge in [0.2, 0.25) is 5.91 Å². The molecule has 18 heavy (non-hydrogen) atoms. The first-order chi connectivity index (χ1) is 8.56. The smallest absolute Gasteiger partial charge is 0.239 e. The number of pyridine rings is 1. The van der Waals surface area contributed by atoms with Crippen LogP contribution >= 0.6 is 15.9 Å². The third kappa shape index (κ3) is 2.95. The normalized spacial score (nSPS) is 12.2. The molecule has 5 nitrogen and oxygen atoms in total. The van der Waals surface area contributed by atoms with Gasteiger partial charge in [0.25, 0.3) is 0 Å². The Balaban J connectivity index is 2.13. The first kappa shape index (κ1) is 12.8. The standard InChI is InChI=1S/C12H13BrN4O/c1-8(13)12(18)15-11-4-3-9(7-14-11)10-5-6-17(2)16-10/h3-8H,1-2H3,(H,14,15,18). The summed E-state index contributed by atoms with van der Waals surface area (Å²) in [6.45, 7) is 1.76. The van der Waals surface area contributed by atoms with Gasteiger partial charge in [0.15, 0.2) is 0 Å².